The van der Waals surface area contributed by atoms with Gasteiger partial charge in [0, 0.05) is 16.0 Å². The standard InChI is InChI=1S/C19H18N2O2S2/c1-14-8-10-17(11-9-14)25(22,23)21-20-19(16-6-4-3-5-7-16)18-12-13-24-15(18)2/h3-13,21H,1-2H3/b20-19+. The van der Waals surface area contributed by atoms with Crippen molar-refractivity contribution in [3.63, 3.8) is 0 Å². The summed E-state index contributed by atoms with van der Waals surface area (Å²) in [6.07, 6.45) is 0. The molecule has 3 aromatic rings. The van der Waals surface area contributed by atoms with Crippen LogP contribution in [0.4, 0.5) is 0 Å². The maximum atomic E-state index is 12.5. The van der Waals surface area contributed by atoms with Gasteiger partial charge in [0.05, 0.1) is 10.6 Å². The Kier molecular flexibility index (Phi) is 5.01. The van der Waals surface area contributed by atoms with E-state index in [2.05, 4.69) is 9.93 Å². The first kappa shape index (κ1) is 17.4. The lowest BCUT2D eigenvalue weighted by molar-refractivity contribution is 0.584. The third-order valence-corrected chi connectivity index (χ3v) is 5.84. The molecule has 2 aromatic carbocycles. The molecule has 0 aliphatic rings. The van der Waals surface area contributed by atoms with Crippen LogP contribution in [0.5, 0.6) is 0 Å². The largest absolute Gasteiger partial charge is 0.276 e. The molecule has 0 saturated carbocycles. The molecule has 0 spiro atoms. The molecule has 0 aliphatic heterocycles. The summed E-state index contributed by atoms with van der Waals surface area (Å²) in [4.78, 5) is 3.65. The zero-order valence-electron chi connectivity index (χ0n) is 13.9. The van der Waals surface area contributed by atoms with Gasteiger partial charge in [-0.1, -0.05) is 48.0 Å². The van der Waals surface area contributed by atoms with Crippen LogP contribution in [0.1, 0.15) is 21.6 Å². The summed E-state index contributed by atoms with van der Waals surface area (Å²) in [6.45, 7) is 3.90. The number of thiophene rings is 1. The summed E-state index contributed by atoms with van der Waals surface area (Å²) in [6, 6.07) is 18.2. The third kappa shape index (κ3) is 3.97. The van der Waals surface area contributed by atoms with Crippen LogP contribution in [0, 0.1) is 13.8 Å². The summed E-state index contributed by atoms with van der Waals surface area (Å²) < 4.78 is 25.0. The van der Waals surface area contributed by atoms with Crippen LogP contribution in [-0.2, 0) is 10.0 Å². The maximum absolute atomic E-state index is 12.5. The van der Waals surface area contributed by atoms with E-state index in [1.165, 1.54) is 0 Å². The van der Waals surface area contributed by atoms with Crippen molar-refractivity contribution in [3.8, 4) is 0 Å². The molecule has 1 heterocycles. The molecule has 1 N–H and O–H groups in total. The minimum Gasteiger partial charge on any atom is -0.200 e. The maximum Gasteiger partial charge on any atom is 0.276 e. The van der Waals surface area contributed by atoms with Crippen LogP contribution in [0.3, 0.4) is 0 Å². The van der Waals surface area contributed by atoms with E-state index in [0.717, 1.165) is 21.6 Å². The van der Waals surface area contributed by atoms with E-state index in [1.54, 1.807) is 35.6 Å². The topological polar surface area (TPSA) is 58.5 Å². The van der Waals surface area contributed by atoms with Crippen molar-refractivity contribution in [2.24, 2.45) is 5.10 Å². The molecular weight excluding hydrogens is 352 g/mol. The van der Waals surface area contributed by atoms with E-state index in [9.17, 15) is 8.42 Å². The summed E-state index contributed by atoms with van der Waals surface area (Å²) in [5.74, 6) is 0. The molecule has 0 saturated heterocycles. The molecule has 128 valence electrons. The lowest BCUT2D eigenvalue weighted by Crippen LogP contribution is -2.21. The fourth-order valence-electron chi connectivity index (χ4n) is 2.38. The van der Waals surface area contributed by atoms with Crippen molar-refractivity contribution in [2.75, 3.05) is 0 Å². The predicted octanol–water partition coefficient (Wildman–Crippen LogP) is 4.10. The first-order valence-electron chi connectivity index (χ1n) is 7.73. The zero-order chi connectivity index (χ0) is 17.9. The van der Waals surface area contributed by atoms with Gasteiger partial charge in [-0.05, 0) is 37.4 Å². The fraction of sp³-hybridized carbons (Fsp3) is 0.105. The molecular formula is C19H18N2O2S2. The average molecular weight is 370 g/mol. The Morgan fingerprint density at radius 1 is 0.960 bits per heavy atom. The highest BCUT2D eigenvalue weighted by Gasteiger charge is 2.15. The van der Waals surface area contributed by atoms with Crippen LogP contribution in [0.25, 0.3) is 0 Å². The highest BCUT2D eigenvalue weighted by molar-refractivity contribution is 7.89. The second kappa shape index (κ2) is 7.21. The zero-order valence-corrected chi connectivity index (χ0v) is 15.6. The number of hydrogen-bond acceptors (Lipinski definition) is 4. The molecule has 4 nitrogen and oxygen atoms in total. The summed E-state index contributed by atoms with van der Waals surface area (Å²) in [7, 11) is -3.72. The van der Waals surface area contributed by atoms with Crippen molar-refractivity contribution in [1.29, 1.82) is 0 Å². The number of sulfonamides is 1. The van der Waals surface area contributed by atoms with E-state index >= 15 is 0 Å². The van der Waals surface area contributed by atoms with Crippen LogP contribution in [0.2, 0.25) is 0 Å². The molecule has 0 bridgehead atoms. The van der Waals surface area contributed by atoms with E-state index in [0.29, 0.717) is 5.71 Å². The van der Waals surface area contributed by atoms with Gasteiger partial charge in [0.15, 0.2) is 0 Å². The number of hydrogen-bond donors (Lipinski definition) is 1. The molecule has 3 rings (SSSR count). The quantitative estimate of drug-likeness (QED) is 0.543. The van der Waals surface area contributed by atoms with Gasteiger partial charge in [0.1, 0.15) is 0 Å². The molecule has 25 heavy (non-hydrogen) atoms. The second-order valence-electron chi connectivity index (χ2n) is 5.62. The third-order valence-electron chi connectivity index (χ3n) is 3.77. The van der Waals surface area contributed by atoms with E-state index in [4.69, 9.17) is 0 Å². The molecule has 0 amide bonds. The Morgan fingerprint density at radius 2 is 1.64 bits per heavy atom. The van der Waals surface area contributed by atoms with Gasteiger partial charge < -0.3 is 0 Å². The van der Waals surface area contributed by atoms with Gasteiger partial charge in [-0.25, -0.2) is 0 Å². The number of aryl methyl sites for hydroxylation is 2. The van der Waals surface area contributed by atoms with E-state index < -0.39 is 10.0 Å². The number of nitrogens with zero attached hydrogens (tertiary/aromatic N) is 1. The Balaban J connectivity index is 1.99. The van der Waals surface area contributed by atoms with Gasteiger partial charge in [-0.15, -0.1) is 11.3 Å². The van der Waals surface area contributed by atoms with Crippen LogP contribution in [0.15, 0.2) is 76.0 Å². The number of nitrogens with one attached hydrogen (secondary N) is 1. The molecule has 0 fully saturated rings. The predicted molar refractivity (Wildman–Crippen MR) is 103 cm³/mol. The van der Waals surface area contributed by atoms with Crippen LogP contribution < -0.4 is 4.83 Å². The van der Waals surface area contributed by atoms with Gasteiger partial charge in [-0.2, -0.15) is 18.4 Å². The van der Waals surface area contributed by atoms with Gasteiger partial charge >= 0.3 is 0 Å². The Morgan fingerprint density at radius 3 is 2.24 bits per heavy atom. The first-order valence-corrected chi connectivity index (χ1v) is 10.1. The highest BCUT2D eigenvalue weighted by atomic mass is 32.2. The second-order valence-corrected chi connectivity index (χ2v) is 8.41. The summed E-state index contributed by atoms with van der Waals surface area (Å²) in [5.41, 5.74) is 3.38. The number of benzene rings is 2. The molecule has 0 radical (unpaired) electrons. The van der Waals surface area contributed by atoms with Crippen molar-refractivity contribution in [3.05, 3.63) is 87.6 Å². The highest BCUT2D eigenvalue weighted by Crippen LogP contribution is 2.20. The van der Waals surface area contributed by atoms with Crippen molar-refractivity contribution < 1.29 is 8.42 Å². The first-order chi connectivity index (χ1) is 12.0. The Bertz CT molecular complexity index is 989. The summed E-state index contributed by atoms with van der Waals surface area (Å²) >= 11 is 1.60. The van der Waals surface area contributed by atoms with Crippen molar-refractivity contribution >= 4 is 27.1 Å². The number of rotatable bonds is 5. The van der Waals surface area contributed by atoms with Crippen LogP contribution >= 0.6 is 11.3 Å². The average Bonchev–Trinajstić information content (AvgIpc) is 3.02. The minimum absolute atomic E-state index is 0.191. The Labute approximate surface area is 151 Å². The molecule has 0 unspecified atom stereocenters. The minimum atomic E-state index is -3.72. The fourth-order valence-corrected chi connectivity index (χ4v) is 3.89. The van der Waals surface area contributed by atoms with E-state index in [-0.39, 0.29) is 4.90 Å². The molecule has 1 aromatic heterocycles. The molecule has 0 aliphatic carbocycles. The Hall–Kier alpha value is -2.44. The smallest absolute Gasteiger partial charge is 0.200 e. The lowest BCUT2D eigenvalue weighted by atomic mass is 10.0. The van der Waals surface area contributed by atoms with Crippen LogP contribution in [-0.4, -0.2) is 14.1 Å². The lowest BCUT2D eigenvalue weighted by Gasteiger charge is -2.09. The SMILES string of the molecule is Cc1ccc(S(=O)(=O)N/N=C(\c2ccccc2)c2ccsc2C)cc1. The van der Waals surface area contributed by atoms with Gasteiger partial charge in [-0.3, -0.25) is 0 Å². The normalized spacial score (nSPS) is 12.2. The molecule has 0 atom stereocenters. The number of hydrazone groups is 1. The van der Waals surface area contributed by atoms with Crippen molar-refractivity contribution in [1.82, 2.24) is 4.83 Å². The van der Waals surface area contributed by atoms with Crippen molar-refractivity contribution in [2.45, 2.75) is 18.7 Å². The molecule has 6 heteroatoms. The van der Waals surface area contributed by atoms with Gasteiger partial charge in [0.2, 0.25) is 0 Å². The van der Waals surface area contributed by atoms with Gasteiger partial charge in [0.25, 0.3) is 10.0 Å². The monoisotopic (exact) mass is 370 g/mol. The van der Waals surface area contributed by atoms with E-state index in [1.807, 2.05) is 55.6 Å². The summed E-state index contributed by atoms with van der Waals surface area (Å²) in [5, 5.41) is 6.22.